The minimum Gasteiger partial charge on any atom is -0.486 e. The van der Waals surface area contributed by atoms with E-state index in [0.29, 0.717) is 44.8 Å². The van der Waals surface area contributed by atoms with Gasteiger partial charge in [-0.2, -0.15) is 0 Å². The first-order valence-corrected chi connectivity index (χ1v) is 8.82. The molecule has 0 saturated heterocycles. The minimum atomic E-state index is 0.0651. The van der Waals surface area contributed by atoms with Gasteiger partial charge in [0.25, 0.3) is 0 Å². The summed E-state index contributed by atoms with van der Waals surface area (Å²) in [4.78, 5) is 15.6. The maximum atomic E-state index is 12.7. The summed E-state index contributed by atoms with van der Waals surface area (Å²) in [5, 5.41) is 2.01. The summed E-state index contributed by atoms with van der Waals surface area (Å²) >= 11 is 1.64. The molecule has 0 fully saturated rings. The molecule has 5 heteroatoms. The van der Waals surface area contributed by atoms with E-state index in [1.807, 2.05) is 35.7 Å². The van der Waals surface area contributed by atoms with Crippen LogP contribution in [0.5, 0.6) is 11.5 Å². The van der Waals surface area contributed by atoms with Crippen LogP contribution in [0.15, 0.2) is 35.7 Å². The van der Waals surface area contributed by atoms with Crippen LogP contribution in [0.2, 0.25) is 0 Å². The third-order valence-corrected chi connectivity index (χ3v) is 4.61. The fourth-order valence-corrected chi connectivity index (χ4v) is 3.25. The second kappa shape index (κ2) is 7.89. The number of anilines is 1. The number of carbonyl (C=O) groups excluding carboxylic acids is 1. The van der Waals surface area contributed by atoms with Crippen LogP contribution in [0.3, 0.4) is 0 Å². The number of thiophene rings is 1. The third-order valence-electron chi connectivity index (χ3n) is 3.74. The molecule has 24 heavy (non-hydrogen) atoms. The molecule has 1 amide bonds. The molecule has 1 aliphatic rings. The molecule has 0 unspecified atom stereocenters. The second-order valence-electron chi connectivity index (χ2n) is 5.44. The van der Waals surface area contributed by atoms with Gasteiger partial charge in [-0.05, 0) is 30.0 Å². The maximum Gasteiger partial charge on any atom is 0.227 e. The summed E-state index contributed by atoms with van der Waals surface area (Å²) in [6.07, 6.45) is 7.02. The average Bonchev–Trinajstić information content (AvgIpc) is 3.12. The number of benzene rings is 1. The molecule has 0 atom stereocenters. The van der Waals surface area contributed by atoms with Crippen molar-refractivity contribution in [1.29, 1.82) is 0 Å². The summed E-state index contributed by atoms with van der Waals surface area (Å²) in [6.45, 7) is 1.62. The Labute approximate surface area is 146 Å². The van der Waals surface area contributed by atoms with Crippen molar-refractivity contribution in [1.82, 2.24) is 0 Å². The molecular weight excluding hydrogens is 322 g/mol. The standard InChI is InChI=1S/C19H19NO3S/c1-2-3-4-7-19(21)20(14-16-6-5-12-24-16)15-8-9-17-18(13-15)23-11-10-22-17/h1,5-6,8-9,12-13H,3-4,7,10-11,14H2. The zero-order valence-corrected chi connectivity index (χ0v) is 14.2. The van der Waals surface area contributed by atoms with E-state index in [2.05, 4.69) is 5.92 Å². The van der Waals surface area contributed by atoms with Crippen molar-refractivity contribution in [2.75, 3.05) is 18.1 Å². The number of hydrogen-bond donors (Lipinski definition) is 0. The molecule has 0 spiro atoms. The van der Waals surface area contributed by atoms with Crippen LogP contribution in [0, 0.1) is 12.3 Å². The predicted octanol–water partition coefficient (Wildman–Crippen LogP) is 3.86. The zero-order valence-electron chi connectivity index (χ0n) is 13.4. The van der Waals surface area contributed by atoms with Gasteiger partial charge in [-0.15, -0.1) is 23.7 Å². The summed E-state index contributed by atoms with van der Waals surface area (Å²) in [5.74, 6) is 4.06. The Hall–Kier alpha value is -2.45. The Morgan fingerprint density at radius 2 is 2.08 bits per heavy atom. The smallest absolute Gasteiger partial charge is 0.227 e. The normalized spacial score (nSPS) is 12.5. The third kappa shape index (κ3) is 3.90. The van der Waals surface area contributed by atoms with Crippen LogP contribution < -0.4 is 14.4 Å². The van der Waals surface area contributed by atoms with E-state index >= 15 is 0 Å². The van der Waals surface area contributed by atoms with Gasteiger partial charge in [0.15, 0.2) is 11.5 Å². The Balaban J connectivity index is 1.83. The largest absolute Gasteiger partial charge is 0.486 e. The van der Waals surface area contributed by atoms with Crippen molar-refractivity contribution in [2.45, 2.75) is 25.8 Å². The predicted molar refractivity (Wildman–Crippen MR) is 95.6 cm³/mol. The molecule has 0 saturated carbocycles. The van der Waals surface area contributed by atoms with Crippen molar-refractivity contribution < 1.29 is 14.3 Å². The fraction of sp³-hybridized carbons (Fsp3) is 0.316. The topological polar surface area (TPSA) is 38.8 Å². The maximum absolute atomic E-state index is 12.7. The number of hydrogen-bond acceptors (Lipinski definition) is 4. The highest BCUT2D eigenvalue weighted by molar-refractivity contribution is 7.09. The van der Waals surface area contributed by atoms with Crippen molar-refractivity contribution in [2.24, 2.45) is 0 Å². The summed E-state index contributed by atoms with van der Waals surface area (Å²) < 4.78 is 11.2. The highest BCUT2D eigenvalue weighted by Crippen LogP contribution is 2.35. The SMILES string of the molecule is C#CCCCC(=O)N(Cc1cccs1)c1ccc2c(c1)OCCO2. The van der Waals surface area contributed by atoms with E-state index < -0.39 is 0 Å². The van der Waals surface area contributed by atoms with Crippen LogP contribution in [-0.2, 0) is 11.3 Å². The number of unbranched alkanes of at least 4 members (excludes halogenated alkanes) is 1. The first-order chi connectivity index (χ1) is 11.8. The molecule has 3 rings (SSSR count). The van der Waals surface area contributed by atoms with E-state index in [1.54, 1.807) is 16.2 Å². The summed E-state index contributed by atoms with van der Waals surface area (Å²) in [5.41, 5.74) is 0.818. The molecule has 2 heterocycles. The van der Waals surface area contributed by atoms with Gasteiger partial charge < -0.3 is 14.4 Å². The number of carbonyl (C=O) groups is 1. The lowest BCUT2D eigenvalue weighted by Crippen LogP contribution is -2.30. The van der Waals surface area contributed by atoms with E-state index in [4.69, 9.17) is 15.9 Å². The molecule has 0 radical (unpaired) electrons. The number of amides is 1. The molecular formula is C19H19NO3S. The number of fused-ring (bicyclic) bond motifs is 1. The van der Waals surface area contributed by atoms with E-state index in [-0.39, 0.29) is 5.91 Å². The molecule has 2 aromatic rings. The first-order valence-electron chi connectivity index (χ1n) is 7.94. The minimum absolute atomic E-state index is 0.0651. The molecule has 0 aliphatic carbocycles. The second-order valence-corrected chi connectivity index (χ2v) is 6.48. The number of rotatable bonds is 6. The molecule has 0 N–H and O–H groups in total. The van der Waals surface area contributed by atoms with Gasteiger partial charge in [0, 0.05) is 29.5 Å². The van der Waals surface area contributed by atoms with Crippen LogP contribution in [0.4, 0.5) is 5.69 Å². The monoisotopic (exact) mass is 341 g/mol. The molecule has 0 bridgehead atoms. The first kappa shape index (κ1) is 16.4. The summed E-state index contributed by atoms with van der Waals surface area (Å²) in [7, 11) is 0. The van der Waals surface area contributed by atoms with Crippen molar-refractivity contribution in [3.05, 3.63) is 40.6 Å². The number of ether oxygens (including phenoxy) is 2. The number of nitrogens with zero attached hydrogens (tertiary/aromatic N) is 1. The quantitative estimate of drug-likeness (QED) is 0.592. The Morgan fingerprint density at radius 1 is 1.25 bits per heavy atom. The van der Waals surface area contributed by atoms with Crippen LogP contribution >= 0.6 is 11.3 Å². The zero-order chi connectivity index (χ0) is 16.8. The fourth-order valence-electron chi connectivity index (χ4n) is 2.56. The summed E-state index contributed by atoms with van der Waals surface area (Å²) in [6, 6.07) is 9.66. The lowest BCUT2D eigenvalue weighted by atomic mass is 10.2. The van der Waals surface area contributed by atoms with Gasteiger partial charge >= 0.3 is 0 Å². The lowest BCUT2D eigenvalue weighted by Gasteiger charge is -2.25. The van der Waals surface area contributed by atoms with E-state index in [0.717, 1.165) is 16.3 Å². The molecule has 124 valence electrons. The van der Waals surface area contributed by atoms with Crippen molar-refractivity contribution >= 4 is 22.9 Å². The van der Waals surface area contributed by atoms with Gasteiger partial charge in [0.1, 0.15) is 13.2 Å². The molecule has 1 aromatic carbocycles. The lowest BCUT2D eigenvalue weighted by molar-refractivity contribution is -0.118. The molecule has 1 aliphatic heterocycles. The number of terminal acetylenes is 1. The van der Waals surface area contributed by atoms with Gasteiger partial charge in [-0.1, -0.05) is 6.07 Å². The molecule has 1 aromatic heterocycles. The highest BCUT2D eigenvalue weighted by Gasteiger charge is 2.20. The van der Waals surface area contributed by atoms with E-state index in [1.165, 1.54) is 0 Å². The van der Waals surface area contributed by atoms with Gasteiger partial charge in [-0.25, -0.2) is 0 Å². The van der Waals surface area contributed by atoms with Gasteiger partial charge in [0.2, 0.25) is 5.91 Å². The highest BCUT2D eigenvalue weighted by atomic mass is 32.1. The van der Waals surface area contributed by atoms with E-state index in [9.17, 15) is 4.79 Å². The Kier molecular flexibility index (Phi) is 5.39. The van der Waals surface area contributed by atoms with Crippen LogP contribution in [-0.4, -0.2) is 19.1 Å². The van der Waals surface area contributed by atoms with Crippen molar-refractivity contribution in [3.8, 4) is 23.8 Å². The Morgan fingerprint density at radius 3 is 2.83 bits per heavy atom. The molecule has 4 nitrogen and oxygen atoms in total. The average molecular weight is 341 g/mol. The van der Waals surface area contributed by atoms with Crippen molar-refractivity contribution in [3.63, 3.8) is 0 Å². The Bertz CT molecular complexity index is 734. The van der Waals surface area contributed by atoms with Gasteiger partial charge in [0.05, 0.1) is 6.54 Å². The van der Waals surface area contributed by atoms with Crippen LogP contribution in [0.1, 0.15) is 24.1 Å². The van der Waals surface area contributed by atoms with Crippen LogP contribution in [0.25, 0.3) is 0 Å². The van der Waals surface area contributed by atoms with Gasteiger partial charge in [-0.3, -0.25) is 4.79 Å².